The van der Waals surface area contributed by atoms with Crippen molar-refractivity contribution in [1.82, 2.24) is 15.4 Å². The second-order valence-electron chi connectivity index (χ2n) is 4.44. The third-order valence-corrected chi connectivity index (χ3v) is 2.94. The van der Waals surface area contributed by atoms with E-state index in [1.165, 1.54) is 16.1 Å². The van der Waals surface area contributed by atoms with Crippen LogP contribution in [0.1, 0.15) is 11.1 Å². The van der Waals surface area contributed by atoms with Gasteiger partial charge in [-0.25, -0.2) is 10.8 Å². The first kappa shape index (κ1) is 10.9. The predicted molar refractivity (Wildman–Crippen MR) is 70.5 cm³/mol. The maximum Gasteiger partial charge on any atom is 0.110 e. The van der Waals surface area contributed by atoms with Gasteiger partial charge in [0, 0.05) is 12.4 Å². The van der Waals surface area contributed by atoms with E-state index in [-0.39, 0.29) is 0 Å². The van der Waals surface area contributed by atoms with Crippen LogP contribution in [0, 0.1) is 6.92 Å². The Hall–Kier alpha value is -2.27. The highest BCUT2D eigenvalue weighted by Crippen LogP contribution is 2.24. The van der Waals surface area contributed by atoms with Crippen LogP contribution in [0.3, 0.4) is 0 Å². The topological polar surface area (TPSA) is 56.9 Å². The Morgan fingerprint density at radius 3 is 3.11 bits per heavy atom. The first-order chi connectivity index (χ1) is 8.72. The Kier molecular flexibility index (Phi) is 2.53. The third kappa shape index (κ3) is 1.96. The summed E-state index contributed by atoms with van der Waals surface area (Å²) in [6.45, 7) is 2.87. The molecule has 1 aromatic carbocycles. The van der Waals surface area contributed by atoms with Gasteiger partial charge < -0.3 is 5.43 Å². The van der Waals surface area contributed by atoms with Gasteiger partial charge in [-0.15, -0.1) is 0 Å². The Morgan fingerprint density at radius 1 is 1.39 bits per heavy atom. The molecule has 0 unspecified atom stereocenters. The lowest BCUT2D eigenvalue weighted by Crippen LogP contribution is -2.33. The van der Waals surface area contributed by atoms with Crippen molar-refractivity contribution < 1.29 is 0 Å². The van der Waals surface area contributed by atoms with Crippen LogP contribution in [0.25, 0.3) is 0 Å². The highest BCUT2D eigenvalue weighted by Gasteiger charge is 2.22. The summed E-state index contributed by atoms with van der Waals surface area (Å²) >= 11 is 0. The van der Waals surface area contributed by atoms with Crippen LogP contribution in [-0.4, -0.2) is 16.4 Å². The molecule has 0 atom stereocenters. The van der Waals surface area contributed by atoms with E-state index in [2.05, 4.69) is 41.6 Å². The molecule has 0 amide bonds. The van der Waals surface area contributed by atoms with E-state index >= 15 is 0 Å². The third-order valence-electron chi connectivity index (χ3n) is 2.94. The van der Waals surface area contributed by atoms with Crippen molar-refractivity contribution in [1.29, 1.82) is 0 Å². The van der Waals surface area contributed by atoms with Gasteiger partial charge in [0.05, 0.1) is 6.54 Å². The van der Waals surface area contributed by atoms with Gasteiger partial charge in [-0.1, -0.05) is 29.8 Å². The fourth-order valence-corrected chi connectivity index (χ4v) is 2.09. The molecule has 2 heterocycles. The van der Waals surface area contributed by atoms with Gasteiger partial charge in [-0.2, -0.15) is 0 Å². The molecule has 0 saturated carbocycles. The zero-order valence-electron chi connectivity index (χ0n) is 10.2. The molecule has 18 heavy (non-hydrogen) atoms. The second-order valence-corrected chi connectivity index (χ2v) is 4.44. The van der Waals surface area contributed by atoms with Gasteiger partial charge in [-0.3, -0.25) is 10.0 Å². The second kappa shape index (κ2) is 4.19. The average molecular weight is 241 g/mol. The monoisotopic (exact) mass is 241 g/mol. The molecule has 5 heteroatoms. The van der Waals surface area contributed by atoms with Crippen molar-refractivity contribution in [3.8, 4) is 0 Å². The summed E-state index contributed by atoms with van der Waals surface area (Å²) in [5, 5.41) is 3.49. The number of aryl methyl sites for hydroxylation is 1. The van der Waals surface area contributed by atoms with Gasteiger partial charge in [0.1, 0.15) is 17.7 Å². The van der Waals surface area contributed by atoms with Crippen molar-refractivity contribution in [2.75, 3.05) is 0 Å². The van der Waals surface area contributed by atoms with Crippen LogP contribution in [0.5, 0.6) is 0 Å². The Bertz CT molecular complexity index is 558. The quantitative estimate of drug-likeness (QED) is 0.764. The highest BCUT2D eigenvalue weighted by atomic mass is 15.5. The number of hydrogen-bond acceptors (Lipinski definition) is 5. The van der Waals surface area contributed by atoms with Crippen molar-refractivity contribution in [2.45, 2.75) is 13.5 Å². The zero-order chi connectivity index (χ0) is 12.5. The molecule has 0 fully saturated rings. The fraction of sp³-hybridized carbons (Fsp3) is 0.154. The standard InChI is InChI=1S/C13H15N5/c1-10-3-2-4-11(5-10)7-18-13-8-17(14)9-15-12(13)6-16-18/h2-6,8-9,16H,7,14H2,1H3. The average Bonchev–Trinajstić information content (AvgIpc) is 2.72. The lowest BCUT2D eigenvalue weighted by atomic mass is 10.1. The maximum absolute atomic E-state index is 5.70. The summed E-state index contributed by atoms with van der Waals surface area (Å²) in [5.74, 6) is 5.70. The SMILES string of the molecule is Cc1cccc(CN2NC=C3N=CN(N)C=C32)c1. The van der Waals surface area contributed by atoms with Gasteiger partial charge in [0.25, 0.3) is 0 Å². The first-order valence-corrected chi connectivity index (χ1v) is 5.81. The van der Waals surface area contributed by atoms with E-state index < -0.39 is 0 Å². The number of hydrazine groups is 2. The van der Waals surface area contributed by atoms with E-state index in [1.807, 2.05) is 17.4 Å². The van der Waals surface area contributed by atoms with Gasteiger partial charge in [0.2, 0.25) is 0 Å². The molecule has 2 aliphatic heterocycles. The smallest absolute Gasteiger partial charge is 0.110 e. The molecule has 2 aliphatic rings. The van der Waals surface area contributed by atoms with Crippen LogP contribution >= 0.6 is 0 Å². The van der Waals surface area contributed by atoms with E-state index in [9.17, 15) is 0 Å². The Labute approximate surface area is 106 Å². The summed E-state index contributed by atoms with van der Waals surface area (Å²) in [4.78, 5) is 4.25. The highest BCUT2D eigenvalue weighted by molar-refractivity contribution is 5.62. The van der Waals surface area contributed by atoms with E-state index in [1.54, 1.807) is 6.34 Å². The summed E-state index contributed by atoms with van der Waals surface area (Å²) in [7, 11) is 0. The number of benzene rings is 1. The zero-order valence-corrected chi connectivity index (χ0v) is 10.2. The molecule has 0 bridgehead atoms. The summed E-state index contributed by atoms with van der Waals surface area (Å²) in [5.41, 5.74) is 7.60. The Balaban J connectivity index is 1.80. The first-order valence-electron chi connectivity index (χ1n) is 5.81. The number of nitrogens with one attached hydrogen (secondary N) is 1. The number of fused-ring (bicyclic) bond motifs is 1. The molecule has 0 aromatic heterocycles. The van der Waals surface area contributed by atoms with Gasteiger partial charge >= 0.3 is 0 Å². The number of hydrogen-bond donors (Lipinski definition) is 2. The van der Waals surface area contributed by atoms with E-state index in [0.717, 1.165) is 17.9 Å². The van der Waals surface area contributed by atoms with Crippen LogP contribution < -0.4 is 11.3 Å². The van der Waals surface area contributed by atoms with E-state index in [4.69, 9.17) is 5.84 Å². The molecule has 5 nitrogen and oxygen atoms in total. The number of rotatable bonds is 2. The maximum atomic E-state index is 5.70. The number of nitrogens with zero attached hydrogens (tertiary/aromatic N) is 3. The predicted octanol–water partition coefficient (Wildman–Crippen LogP) is 1.22. The number of aliphatic imine (C=N–C) groups is 1. The summed E-state index contributed by atoms with van der Waals surface area (Å²) in [6.07, 6.45) is 5.33. The molecule has 92 valence electrons. The molecule has 0 saturated heterocycles. The molecule has 1 aromatic rings. The fourth-order valence-electron chi connectivity index (χ4n) is 2.09. The largest absolute Gasteiger partial charge is 0.303 e. The molecule has 3 N–H and O–H groups in total. The minimum atomic E-state index is 0.775. The summed E-state index contributed by atoms with van der Waals surface area (Å²) in [6, 6.07) is 8.44. The lowest BCUT2D eigenvalue weighted by molar-refractivity contribution is 0.297. The van der Waals surface area contributed by atoms with Crippen molar-refractivity contribution in [3.63, 3.8) is 0 Å². The van der Waals surface area contributed by atoms with Gasteiger partial charge in [0.15, 0.2) is 0 Å². The lowest BCUT2D eigenvalue weighted by Gasteiger charge is -2.24. The molecule has 3 rings (SSSR count). The van der Waals surface area contributed by atoms with Crippen LogP contribution in [0.2, 0.25) is 0 Å². The van der Waals surface area contributed by atoms with Crippen molar-refractivity contribution in [2.24, 2.45) is 10.8 Å². The molecular formula is C13H15N5. The van der Waals surface area contributed by atoms with Crippen LogP contribution in [0.4, 0.5) is 0 Å². The molecule has 0 aliphatic carbocycles. The normalized spacial score (nSPS) is 17.2. The van der Waals surface area contributed by atoms with Crippen LogP contribution in [0.15, 0.2) is 53.1 Å². The summed E-state index contributed by atoms with van der Waals surface area (Å²) < 4.78 is 0. The van der Waals surface area contributed by atoms with Gasteiger partial charge in [-0.05, 0) is 12.5 Å². The molecule has 0 radical (unpaired) electrons. The number of nitrogens with two attached hydrogens (primary N) is 1. The minimum absolute atomic E-state index is 0.775. The Morgan fingerprint density at radius 2 is 2.28 bits per heavy atom. The molecular weight excluding hydrogens is 226 g/mol. The van der Waals surface area contributed by atoms with Crippen molar-refractivity contribution >= 4 is 6.34 Å². The van der Waals surface area contributed by atoms with Crippen LogP contribution in [-0.2, 0) is 6.54 Å². The van der Waals surface area contributed by atoms with E-state index in [0.29, 0.717) is 0 Å². The van der Waals surface area contributed by atoms with Crippen molar-refractivity contribution in [3.05, 3.63) is 59.2 Å². The minimum Gasteiger partial charge on any atom is -0.303 e. The molecule has 0 spiro atoms.